The number of hydrogen-bond acceptors (Lipinski definition) is 5. The van der Waals surface area contributed by atoms with Crippen molar-refractivity contribution < 1.29 is 17.9 Å². The fourth-order valence-corrected chi connectivity index (χ4v) is 5.28. The second-order valence-corrected chi connectivity index (χ2v) is 10.1. The van der Waals surface area contributed by atoms with Crippen LogP contribution in [0, 0.1) is 6.92 Å². The van der Waals surface area contributed by atoms with Crippen molar-refractivity contribution in [3.8, 4) is 0 Å². The van der Waals surface area contributed by atoms with Gasteiger partial charge in [0.2, 0.25) is 15.9 Å². The lowest BCUT2D eigenvalue weighted by Gasteiger charge is -2.26. The number of nitrogens with one attached hydrogen (secondary N) is 1. The first-order valence-corrected chi connectivity index (χ1v) is 12.2. The number of sulfonamides is 1. The van der Waals surface area contributed by atoms with Crippen LogP contribution >= 0.6 is 11.6 Å². The van der Waals surface area contributed by atoms with Gasteiger partial charge in [-0.05, 0) is 42.8 Å². The predicted octanol–water partition coefficient (Wildman–Crippen LogP) is 3.13. The number of ether oxygens (including phenoxy) is 1. The Kier molecular flexibility index (Phi) is 6.52. The standard InChI is InChI=1S/C22H25ClN4O4S/c1-15-3-4-16(13-18(15)23)24-22(28)8-7-21-25-19-14-17(5-6-20(19)26(21)2)32(29,30)27-9-11-31-12-10-27/h3-6,13-14H,7-12H2,1-2H3,(H,24,28). The molecule has 1 N–H and O–H groups in total. The van der Waals surface area contributed by atoms with Gasteiger partial charge >= 0.3 is 0 Å². The zero-order valence-electron chi connectivity index (χ0n) is 18.0. The molecule has 4 rings (SSSR count). The Labute approximate surface area is 192 Å². The number of halogens is 1. The molecule has 1 fully saturated rings. The second kappa shape index (κ2) is 9.19. The molecule has 10 heteroatoms. The Balaban J connectivity index is 1.48. The highest BCUT2D eigenvalue weighted by molar-refractivity contribution is 7.89. The normalized spacial score (nSPS) is 15.2. The quantitative estimate of drug-likeness (QED) is 0.590. The van der Waals surface area contributed by atoms with Crippen LogP contribution in [0.15, 0.2) is 41.3 Å². The third-order valence-corrected chi connectivity index (χ3v) is 7.89. The second-order valence-electron chi connectivity index (χ2n) is 7.77. The highest BCUT2D eigenvalue weighted by atomic mass is 35.5. The molecule has 1 amide bonds. The maximum atomic E-state index is 12.9. The van der Waals surface area contributed by atoms with Crippen LogP contribution < -0.4 is 5.32 Å². The number of morpholine rings is 1. The molecule has 1 saturated heterocycles. The molecule has 1 aliphatic heterocycles. The van der Waals surface area contributed by atoms with Crippen LogP contribution in [0.1, 0.15) is 17.8 Å². The monoisotopic (exact) mass is 476 g/mol. The summed E-state index contributed by atoms with van der Waals surface area (Å²) in [6.07, 6.45) is 0.656. The van der Waals surface area contributed by atoms with Crippen molar-refractivity contribution in [1.82, 2.24) is 13.9 Å². The SMILES string of the molecule is Cc1ccc(NC(=O)CCc2nc3cc(S(=O)(=O)N4CCOCC4)ccc3n2C)cc1Cl. The summed E-state index contributed by atoms with van der Waals surface area (Å²) in [5.74, 6) is 0.561. The van der Waals surface area contributed by atoms with Gasteiger partial charge in [0.25, 0.3) is 0 Å². The van der Waals surface area contributed by atoms with Crippen LogP contribution in [-0.4, -0.2) is 54.5 Å². The number of nitrogens with zero attached hydrogens (tertiary/aromatic N) is 3. The van der Waals surface area contributed by atoms with E-state index in [1.54, 1.807) is 24.3 Å². The average molecular weight is 477 g/mol. The molecule has 0 radical (unpaired) electrons. The predicted molar refractivity (Wildman–Crippen MR) is 123 cm³/mol. The van der Waals surface area contributed by atoms with Crippen LogP contribution in [-0.2, 0) is 33.0 Å². The number of carbonyl (C=O) groups excluding carboxylic acids is 1. The van der Waals surface area contributed by atoms with Crippen LogP contribution in [0.4, 0.5) is 5.69 Å². The molecule has 0 bridgehead atoms. The van der Waals surface area contributed by atoms with Gasteiger partial charge in [0, 0.05) is 43.7 Å². The minimum Gasteiger partial charge on any atom is -0.379 e. The van der Waals surface area contributed by atoms with E-state index in [9.17, 15) is 13.2 Å². The summed E-state index contributed by atoms with van der Waals surface area (Å²) in [6, 6.07) is 10.3. The summed E-state index contributed by atoms with van der Waals surface area (Å²) in [5.41, 5.74) is 2.99. The molecule has 3 aromatic rings. The van der Waals surface area contributed by atoms with E-state index in [1.807, 2.05) is 30.7 Å². The number of benzene rings is 2. The van der Waals surface area contributed by atoms with Crippen LogP contribution in [0.3, 0.4) is 0 Å². The van der Waals surface area contributed by atoms with Gasteiger partial charge < -0.3 is 14.6 Å². The van der Waals surface area contributed by atoms with Crippen molar-refractivity contribution in [3.05, 3.63) is 52.8 Å². The first-order valence-electron chi connectivity index (χ1n) is 10.3. The Morgan fingerprint density at radius 2 is 1.94 bits per heavy atom. The molecule has 0 atom stereocenters. The van der Waals surface area contributed by atoms with E-state index in [-0.39, 0.29) is 17.2 Å². The van der Waals surface area contributed by atoms with E-state index in [1.165, 1.54) is 4.31 Å². The molecule has 0 aliphatic carbocycles. The number of fused-ring (bicyclic) bond motifs is 1. The minimum absolute atomic E-state index is 0.146. The molecule has 170 valence electrons. The van der Waals surface area contributed by atoms with E-state index in [0.717, 1.165) is 11.1 Å². The molecular weight excluding hydrogens is 452 g/mol. The summed E-state index contributed by atoms with van der Waals surface area (Å²) in [7, 11) is -1.74. The van der Waals surface area contributed by atoms with E-state index in [0.29, 0.717) is 54.8 Å². The van der Waals surface area contributed by atoms with Gasteiger partial charge in [-0.1, -0.05) is 17.7 Å². The smallest absolute Gasteiger partial charge is 0.243 e. The summed E-state index contributed by atoms with van der Waals surface area (Å²) < 4.78 is 34.4. The van der Waals surface area contributed by atoms with Crippen molar-refractivity contribution in [3.63, 3.8) is 0 Å². The van der Waals surface area contributed by atoms with Crippen molar-refractivity contribution >= 4 is 44.3 Å². The van der Waals surface area contributed by atoms with E-state index in [2.05, 4.69) is 10.3 Å². The third-order valence-electron chi connectivity index (χ3n) is 5.58. The zero-order chi connectivity index (χ0) is 22.9. The van der Waals surface area contributed by atoms with Gasteiger partial charge in [0.1, 0.15) is 5.82 Å². The fourth-order valence-electron chi connectivity index (χ4n) is 3.67. The van der Waals surface area contributed by atoms with Gasteiger partial charge in [0.15, 0.2) is 0 Å². The highest BCUT2D eigenvalue weighted by Crippen LogP contribution is 2.24. The Hall–Kier alpha value is -2.46. The molecule has 32 heavy (non-hydrogen) atoms. The van der Waals surface area contributed by atoms with Crippen molar-refractivity contribution in [2.75, 3.05) is 31.6 Å². The molecule has 0 spiro atoms. The Morgan fingerprint density at radius 1 is 1.19 bits per heavy atom. The summed E-state index contributed by atoms with van der Waals surface area (Å²) in [4.78, 5) is 17.2. The number of imidazole rings is 1. The Morgan fingerprint density at radius 3 is 2.66 bits per heavy atom. The van der Waals surface area contributed by atoms with E-state index < -0.39 is 10.0 Å². The lowest BCUT2D eigenvalue weighted by molar-refractivity contribution is -0.116. The zero-order valence-corrected chi connectivity index (χ0v) is 19.5. The number of anilines is 1. The van der Waals surface area contributed by atoms with Crippen LogP contribution in [0.25, 0.3) is 11.0 Å². The maximum Gasteiger partial charge on any atom is 0.243 e. The number of carbonyl (C=O) groups is 1. The average Bonchev–Trinajstić information content (AvgIpc) is 3.10. The molecule has 0 saturated carbocycles. The lowest BCUT2D eigenvalue weighted by Crippen LogP contribution is -2.40. The molecule has 8 nitrogen and oxygen atoms in total. The molecular formula is C22H25ClN4O4S. The topological polar surface area (TPSA) is 93.5 Å². The summed E-state index contributed by atoms with van der Waals surface area (Å²) in [5, 5.41) is 3.44. The molecule has 2 aromatic carbocycles. The van der Waals surface area contributed by atoms with Crippen molar-refractivity contribution in [2.24, 2.45) is 7.05 Å². The minimum atomic E-state index is -3.59. The van der Waals surface area contributed by atoms with E-state index >= 15 is 0 Å². The number of amides is 1. The highest BCUT2D eigenvalue weighted by Gasteiger charge is 2.27. The van der Waals surface area contributed by atoms with Gasteiger partial charge in [-0.2, -0.15) is 4.31 Å². The molecule has 2 heterocycles. The van der Waals surface area contributed by atoms with Crippen LogP contribution in [0.5, 0.6) is 0 Å². The Bertz CT molecular complexity index is 1270. The van der Waals surface area contributed by atoms with Gasteiger partial charge in [-0.3, -0.25) is 4.79 Å². The van der Waals surface area contributed by atoms with Gasteiger partial charge in [-0.25, -0.2) is 13.4 Å². The number of aryl methyl sites for hydroxylation is 3. The first kappa shape index (κ1) is 22.7. The largest absolute Gasteiger partial charge is 0.379 e. The van der Waals surface area contributed by atoms with Gasteiger partial charge in [0.05, 0.1) is 29.1 Å². The first-order chi connectivity index (χ1) is 15.3. The number of rotatable bonds is 6. The molecule has 0 unspecified atom stereocenters. The maximum absolute atomic E-state index is 12.9. The fraction of sp³-hybridized carbons (Fsp3) is 0.364. The number of aromatic nitrogens is 2. The summed E-state index contributed by atoms with van der Waals surface area (Å²) >= 11 is 6.11. The molecule has 1 aliphatic rings. The lowest BCUT2D eigenvalue weighted by atomic mass is 10.2. The van der Waals surface area contributed by atoms with Crippen molar-refractivity contribution in [2.45, 2.75) is 24.7 Å². The third kappa shape index (κ3) is 4.66. The number of hydrogen-bond donors (Lipinski definition) is 1. The van der Waals surface area contributed by atoms with E-state index in [4.69, 9.17) is 16.3 Å². The van der Waals surface area contributed by atoms with Crippen LogP contribution in [0.2, 0.25) is 5.02 Å². The molecule has 1 aromatic heterocycles. The summed E-state index contributed by atoms with van der Waals surface area (Å²) in [6.45, 7) is 3.37. The van der Waals surface area contributed by atoms with Crippen molar-refractivity contribution in [1.29, 1.82) is 0 Å². The van der Waals surface area contributed by atoms with Gasteiger partial charge in [-0.15, -0.1) is 0 Å².